The molecule has 0 aliphatic carbocycles. The first kappa shape index (κ1) is 16.3. The molecule has 1 aromatic heterocycles. The smallest absolute Gasteiger partial charge is 0.326 e. The highest BCUT2D eigenvalue weighted by Gasteiger charge is 2.24. The summed E-state index contributed by atoms with van der Waals surface area (Å²) < 4.78 is 5.51. The molecule has 0 saturated carbocycles. The maximum atomic E-state index is 12.2. The summed E-state index contributed by atoms with van der Waals surface area (Å²) in [6.45, 7) is 9.49. The molecule has 0 fully saturated rings. The van der Waals surface area contributed by atoms with Crippen LogP contribution in [0.15, 0.2) is 10.5 Å². The molecule has 112 valence electrons. The van der Waals surface area contributed by atoms with Gasteiger partial charge in [0.2, 0.25) is 0 Å². The predicted octanol–water partition coefficient (Wildman–Crippen LogP) is 2.94. The minimum Gasteiger partial charge on any atom is -0.480 e. The molecule has 5 nitrogen and oxygen atoms in total. The Bertz CT molecular complexity index is 488. The number of carbonyl (C=O) groups is 2. The summed E-state index contributed by atoms with van der Waals surface area (Å²) in [6, 6.07) is 0.808. The van der Waals surface area contributed by atoms with Crippen molar-refractivity contribution in [3.63, 3.8) is 0 Å². The van der Waals surface area contributed by atoms with E-state index in [9.17, 15) is 9.59 Å². The molecule has 1 unspecified atom stereocenters. The second kappa shape index (κ2) is 6.59. The van der Waals surface area contributed by atoms with E-state index in [0.717, 1.165) is 5.76 Å². The van der Waals surface area contributed by atoms with Crippen LogP contribution in [0, 0.1) is 12.8 Å². The Morgan fingerprint density at radius 2 is 1.90 bits per heavy atom. The third-order valence-electron chi connectivity index (χ3n) is 3.06. The topological polar surface area (TPSA) is 79.5 Å². The van der Waals surface area contributed by atoms with Crippen molar-refractivity contribution in [3.8, 4) is 0 Å². The first-order valence-corrected chi connectivity index (χ1v) is 6.86. The highest BCUT2D eigenvalue weighted by atomic mass is 16.4. The van der Waals surface area contributed by atoms with Gasteiger partial charge in [0.25, 0.3) is 5.91 Å². The number of aliphatic carboxylic acids is 1. The number of carboxylic acid groups (broad SMARTS) is 1. The fourth-order valence-corrected chi connectivity index (χ4v) is 1.94. The zero-order chi connectivity index (χ0) is 15.4. The van der Waals surface area contributed by atoms with Crippen molar-refractivity contribution in [2.45, 2.75) is 53.0 Å². The number of aryl methyl sites for hydroxylation is 1. The first-order chi connectivity index (χ1) is 9.22. The van der Waals surface area contributed by atoms with E-state index in [2.05, 4.69) is 5.32 Å². The number of rotatable bonds is 6. The fraction of sp³-hybridized carbons (Fsp3) is 0.600. The van der Waals surface area contributed by atoms with E-state index in [0.29, 0.717) is 17.7 Å². The van der Waals surface area contributed by atoms with E-state index >= 15 is 0 Å². The SMILES string of the molecule is Cc1oc(C(C)C)cc1C(=O)NC(CC(C)C)C(=O)O. The number of furan rings is 1. The highest BCUT2D eigenvalue weighted by molar-refractivity contribution is 5.97. The highest BCUT2D eigenvalue weighted by Crippen LogP contribution is 2.22. The Hall–Kier alpha value is -1.78. The molecule has 1 rings (SSSR count). The van der Waals surface area contributed by atoms with Gasteiger partial charge >= 0.3 is 5.97 Å². The van der Waals surface area contributed by atoms with Crippen molar-refractivity contribution in [1.82, 2.24) is 5.32 Å². The van der Waals surface area contributed by atoms with Crippen LogP contribution in [0.5, 0.6) is 0 Å². The largest absolute Gasteiger partial charge is 0.480 e. The molecule has 20 heavy (non-hydrogen) atoms. The summed E-state index contributed by atoms with van der Waals surface area (Å²) in [4.78, 5) is 23.3. The van der Waals surface area contributed by atoms with Crippen LogP contribution in [-0.2, 0) is 4.79 Å². The third-order valence-corrected chi connectivity index (χ3v) is 3.06. The van der Waals surface area contributed by atoms with Crippen LogP contribution in [0.2, 0.25) is 0 Å². The molecule has 0 radical (unpaired) electrons. The van der Waals surface area contributed by atoms with Crippen LogP contribution in [0.3, 0.4) is 0 Å². The second-order valence-corrected chi connectivity index (χ2v) is 5.77. The molecule has 0 spiro atoms. The Kier molecular flexibility index (Phi) is 5.36. The van der Waals surface area contributed by atoms with E-state index in [4.69, 9.17) is 9.52 Å². The summed E-state index contributed by atoms with van der Waals surface area (Å²) in [7, 11) is 0. The molecule has 1 heterocycles. The molecule has 5 heteroatoms. The first-order valence-electron chi connectivity index (χ1n) is 6.86. The maximum absolute atomic E-state index is 12.2. The maximum Gasteiger partial charge on any atom is 0.326 e. The lowest BCUT2D eigenvalue weighted by Crippen LogP contribution is -2.41. The van der Waals surface area contributed by atoms with E-state index in [1.165, 1.54) is 0 Å². The van der Waals surface area contributed by atoms with E-state index < -0.39 is 17.9 Å². The Morgan fingerprint density at radius 1 is 1.30 bits per heavy atom. The lowest BCUT2D eigenvalue weighted by molar-refractivity contribution is -0.139. The van der Waals surface area contributed by atoms with Crippen LogP contribution in [0.4, 0.5) is 0 Å². The standard InChI is InChI=1S/C15H23NO4/c1-8(2)6-12(15(18)19)16-14(17)11-7-13(9(3)4)20-10(11)5/h7-9,12H,6H2,1-5H3,(H,16,17)(H,18,19). The minimum absolute atomic E-state index is 0.182. The van der Waals surface area contributed by atoms with Crippen LogP contribution in [0.1, 0.15) is 61.9 Å². The molecule has 0 bridgehead atoms. The van der Waals surface area contributed by atoms with E-state index in [1.807, 2.05) is 27.7 Å². The monoisotopic (exact) mass is 281 g/mol. The number of nitrogens with one attached hydrogen (secondary N) is 1. The van der Waals surface area contributed by atoms with Crippen molar-refractivity contribution in [1.29, 1.82) is 0 Å². The number of hydrogen-bond donors (Lipinski definition) is 2. The van der Waals surface area contributed by atoms with Gasteiger partial charge in [0.05, 0.1) is 5.56 Å². The molecule has 0 saturated heterocycles. The zero-order valence-electron chi connectivity index (χ0n) is 12.7. The average Bonchev–Trinajstić information content (AvgIpc) is 2.69. The zero-order valence-corrected chi connectivity index (χ0v) is 12.7. The summed E-state index contributed by atoms with van der Waals surface area (Å²) in [5, 5.41) is 11.7. The fourth-order valence-electron chi connectivity index (χ4n) is 1.94. The Balaban J connectivity index is 2.86. The van der Waals surface area contributed by atoms with Gasteiger partial charge in [0.15, 0.2) is 0 Å². The van der Waals surface area contributed by atoms with Crippen molar-refractivity contribution in [2.75, 3.05) is 0 Å². The van der Waals surface area contributed by atoms with Gasteiger partial charge in [0, 0.05) is 5.92 Å². The quantitative estimate of drug-likeness (QED) is 0.840. The van der Waals surface area contributed by atoms with Crippen LogP contribution < -0.4 is 5.32 Å². The van der Waals surface area contributed by atoms with Gasteiger partial charge in [-0.15, -0.1) is 0 Å². The number of carbonyl (C=O) groups excluding carboxylic acids is 1. The van der Waals surface area contributed by atoms with E-state index in [-0.39, 0.29) is 11.8 Å². The van der Waals surface area contributed by atoms with Crippen molar-refractivity contribution >= 4 is 11.9 Å². The van der Waals surface area contributed by atoms with Crippen molar-refractivity contribution < 1.29 is 19.1 Å². The molecular weight excluding hydrogens is 258 g/mol. The van der Waals surface area contributed by atoms with Crippen LogP contribution in [0.25, 0.3) is 0 Å². The Morgan fingerprint density at radius 3 is 2.30 bits per heavy atom. The molecule has 0 aromatic carbocycles. The molecule has 0 aliphatic heterocycles. The van der Waals surface area contributed by atoms with Crippen LogP contribution >= 0.6 is 0 Å². The molecular formula is C15H23NO4. The van der Waals surface area contributed by atoms with Gasteiger partial charge in [-0.1, -0.05) is 27.7 Å². The van der Waals surface area contributed by atoms with Crippen molar-refractivity contribution in [2.24, 2.45) is 5.92 Å². The van der Waals surface area contributed by atoms with Gasteiger partial charge in [-0.2, -0.15) is 0 Å². The number of amides is 1. The lowest BCUT2D eigenvalue weighted by Gasteiger charge is -2.16. The van der Waals surface area contributed by atoms with Gasteiger partial charge in [-0.3, -0.25) is 4.79 Å². The summed E-state index contributed by atoms with van der Waals surface area (Å²) in [5.41, 5.74) is 0.406. The van der Waals surface area contributed by atoms with Gasteiger partial charge in [-0.05, 0) is 25.3 Å². The lowest BCUT2D eigenvalue weighted by atomic mass is 10.0. The second-order valence-electron chi connectivity index (χ2n) is 5.77. The Labute approximate surface area is 119 Å². The van der Waals surface area contributed by atoms with Gasteiger partial charge in [-0.25, -0.2) is 4.79 Å². The van der Waals surface area contributed by atoms with Gasteiger partial charge < -0.3 is 14.8 Å². The third kappa shape index (κ3) is 4.11. The molecule has 2 N–H and O–H groups in total. The molecule has 1 aromatic rings. The predicted molar refractivity (Wildman–Crippen MR) is 75.9 cm³/mol. The van der Waals surface area contributed by atoms with Crippen LogP contribution in [-0.4, -0.2) is 23.0 Å². The van der Waals surface area contributed by atoms with Crippen molar-refractivity contribution in [3.05, 3.63) is 23.2 Å². The minimum atomic E-state index is -1.02. The van der Waals surface area contributed by atoms with E-state index in [1.54, 1.807) is 13.0 Å². The average molecular weight is 281 g/mol. The van der Waals surface area contributed by atoms with Gasteiger partial charge in [0.1, 0.15) is 17.6 Å². The normalized spacial score (nSPS) is 12.8. The molecule has 0 aliphatic rings. The summed E-state index contributed by atoms with van der Waals surface area (Å²) in [5.74, 6) is 0.195. The number of carboxylic acids is 1. The summed E-state index contributed by atoms with van der Waals surface area (Å²) in [6.07, 6.45) is 0.398. The molecule has 1 amide bonds. The number of hydrogen-bond acceptors (Lipinski definition) is 3. The molecule has 1 atom stereocenters. The summed E-state index contributed by atoms with van der Waals surface area (Å²) >= 11 is 0.